The van der Waals surface area contributed by atoms with Crippen LogP contribution >= 0.6 is 15.9 Å². The maximum Gasteiger partial charge on any atom is 0.271 e. The number of rotatable bonds is 6. The molecular weight excluding hydrogens is 314 g/mol. The Balaban J connectivity index is 2.73. The smallest absolute Gasteiger partial charge is 0.271 e. The van der Waals surface area contributed by atoms with Crippen molar-refractivity contribution < 1.29 is 9.72 Å². The first-order chi connectivity index (χ1) is 8.93. The van der Waals surface area contributed by atoms with Gasteiger partial charge in [0.25, 0.3) is 5.69 Å². The number of nitro benzene ring substituents is 1. The van der Waals surface area contributed by atoms with Gasteiger partial charge in [0.05, 0.1) is 10.6 Å². The second kappa shape index (κ2) is 7.20. The van der Waals surface area contributed by atoms with E-state index in [0.717, 1.165) is 6.54 Å². The minimum atomic E-state index is -0.497. The predicted octanol–water partition coefficient (Wildman–Crippen LogP) is 2.68. The molecule has 0 aliphatic carbocycles. The molecule has 0 saturated heterocycles. The van der Waals surface area contributed by atoms with E-state index >= 15 is 0 Å². The minimum Gasteiger partial charge on any atom is -0.325 e. The van der Waals surface area contributed by atoms with E-state index in [-0.39, 0.29) is 17.6 Å². The van der Waals surface area contributed by atoms with E-state index in [1.54, 1.807) is 6.07 Å². The number of halogens is 1. The van der Waals surface area contributed by atoms with Crippen molar-refractivity contribution in [3.8, 4) is 0 Å². The molecule has 0 fully saturated rings. The molecular formula is C12H16BrN3O3. The van der Waals surface area contributed by atoms with Gasteiger partial charge in [-0.05, 0) is 35.5 Å². The van der Waals surface area contributed by atoms with E-state index in [0.29, 0.717) is 16.6 Å². The summed E-state index contributed by atoms with van der Waals surface area (Å²) in [5, 5.41) is 16.5. The molecule has 6 nitrogen and oxygen atoms in total. The number of hydrogen-bond acceptors (Lipinski definition) is 4. The Bertz CT molecular complexity index is 479. The first-order valence-corrected chi connectivity index (χ1v) is 6.70. The molecule has 19 heavy (non-hydrogen) atoms. The zero-order valence-electron chi connectivity index (χ0n) is 10.8. The number of anilines is 1. The highest BCUT2D eigenvalue weighted by atomic mass is 79.9. The maximum atomic E-state index is 11.8. The first-order valence-electron chi connectivity index (χ1n) is 5.91. The highest BCUT2D eigenvalue weighted by Gasteiger charge is 2.13. The molecule has 1 aromatic rings. The Morgan fingerprint density at radius 3 is 2.79 bits per heavy atom. The summed E-state index contributed by atoms with van der Waals surface area (Å²) >= 11 is 3.25. The van der Waals surface area contributed by atoms with Crippen LogP contribution in [0.5, 0.6) is 0 Å². The molecule has 0 aromatic heterocycles. The van der Waals surface area contributed by atoms with Crippen molar-refractivity contribution in [1.82, 2.24) is 5.32 Å². The Labute approximate surface area is 119 Å². The van der Waals surface area contributed by atoms with E-state index in [1.165, 1.54) is 12.1 Å². The van der Waals surface area contributed by atoms with Crippen molar-refractivity contribution in [3.05, 3.63) is 32.8 Å². The van der Waals surface area contributed by atoms with Crippen LogP contribution in [0.1, 0.15) is 20.3 Å². The van der Waals surface area contributed by atoms with Gasteiger partial charge in [-0.1, -0.05) is 6.92 Å². The van der Waals surface area contributed by atoms with Gasteiger partial charge in [-0.2, -0.15) is 0 Å². The molecule has 7 heteroatoms. The third-order valence-electron chi connectivity index (χ3n) is 2.48. The van der Waals surface area contributed by atoms with Crippen LogP contribution in [0.15, 0.2) is 22.7 Å². The zero-order chi connectivity index (χ0) is 14.4. The van der Waals surface area contributed by atoms with Crippen LogP contribution < -0.4 is 10.6 Å². The van der Waals surface area contributed by atoms with Gasteiger partial charge in [-0.15, -0.1) is 0 Å². The molecule has 2 N–H and O–H groups in total. The quantitative estimate of drug-likeness (QED) is 0.620. The molecule has 1 rings (SSSR count). The lowest BCUT2D eigenvalue weighted by atomic mass is 10.2. The fraction of sp³-hybridized carbons (Fsp3) is 0.417. The molecule has 0 heterocycles. The van der Waals surface area contributed by atoms with Crippen molar-refractivity contribution in [2.75, 3.05) is 11.9 Å². The third-order valence-corrected chi connectivity index (χ3v) is 3.17. The third kappa shape index (κ3) is 4.96. The number of nitrogens with one attached hydrogen (secondary N) is 2. The number of hydrogen-bond donors (Lipinski definition) is 2. The molecule has 0 radical (unpaired) electrons. The number of nitro groups is 1. The Morgan fingerprint density at radius 2 is 2.21 bits per heavy atom. The molecule has 0 aliphatic rings. The van der Waals surface area contributed by atoms with Crippen LogP contribution in [0.25, 0.3) is 0 Å². The van der Waals surface area contributed by atoms with E-state index in [4.69, 9.17) is 0 Å². The molecule has 0 aliphatic heterocycles. The summed E-state index contributed by atoms with van der Waals surface area (Å²) in [7, 11) is 0. The Kier molecular flexibility index (Phi) is 5.91. The van der Waals surface area contributed by atoms with Gasteiger partial charge >= 0.3 is 0 Å². The standard InChI is InChI=1S/C12H16BrN3O3/c1-3-14-8(2)6-12(17)15-11-7-9(16(18)19)4-5-10(11)13/h4-5,7-8,14H,3,6H2,1-2H3,(H,15,17). The Hall–Kier alpha value is -1.47. The highest BCUT2D eigenvalue weighted by Crippen LogP contribution is 2.27. The summed E-state index contributed by atoms with van der Waals surface area (Å²) in [6.45, 7) is 4.66. The van der Waals surface area contributed by atoms with E-state index in [1.807, 2.05) is 13.8 Å². The number of nitrogens with zero attached hydrogens (tertiary/aromatic N) is 1. The van der Waals surface area contributed by atoms with Gasteiger partial charge in [-0.25, -0.2) is 0 Å². The highest BCUT2D eigenvalue weighted by molar-refractivity contribution is 9.10. The lowest BCUT2D eigenvalue weighted by molar-refractivity contribution is -0.384. The summed E-state index contributed by atoms with van der Waals surface area (Å²) in [6.07, 6.45) is 0.309. The topological polar surface area (TPSA) is 84.3 Å². The number of amides is 1. The van der Waals surface area contributed by atoms with Crippen molar-refractivity contribution in [2.45, 2.75) is 26.3 Å². The van der Waals surface area contributed by atoms with Gasteiger partial charge in [0, 0.05) is 29.1 Å². The SMILES string of the molecule is CCNC(C)CC(=O)Nc1cc([N+](=O)[O-])ccc1Br. The zero-order valence-corrected chi connectivity index (χ0v) is 12.4. The summed E-state index contributed by atoms with van der Waals surface area (Å²) in [5.41, 5.74) is 0.348. The molecule has 0 saturated carbocycles. The first kappa shape index (κ1) is 15.6. The number of benzene rings is 1. The van der Waals surface area contributed by atoms with Crippen molar-refractivity contribution >= 4 is 33.2 Å². The second-order valence-electron chi connectivity index (χ2n) is 4.13. The molecule has 1 aromatic carbocycles. The van der Waals surface area contributed by atoms with Gasteiger partial charge in [-0.3, -0.25) is 14.9 Å². The minimum absolute atomic E-state index is 0.0572. The van der Waals surface area contributed by atoms with Crippen LogP contribution in [-0.4, -0.2) is 23.4 Å². The molecule has 0 spiro atoms. The summed E-state index contributed by atoms with van der Waals surface area (Å²) in [6, 6.07) is 4.31. The van der Waals surface area contributed by atoms with E-state index < -0.39 is 4.92 Å². The molecule has 1 unspecified atom stereocenters. The number of carbonyl (C=O) groups is 1. The molecule has 104 valence electrons. The number of carbonyl (C=O) groups excluding carboxylic acids is 1. The van der Waals surface area contributed by atoms with E-state index in [9.17, 15) is 14.9 Å². The maximum absolute atomic E-state index is 11.8. The second-order valence-corrected chi connectivity index (χ2v) is 4.99. The van der Waals surface area contributed by atoms with Crippen LogP contribution in [0.3, 0.4) is 0 Å². The largest absolute Gasteiger partial charge is 0.325 e. The lowest BCUT2D eigenvalue weighted by Crippen LogP contribution is -2.30. The average molecular weight is 330 g/mol. The fourth-order valence-electron chi connectivity index (χ4n) is 1.62. The van der Waals surface area contributed by atoms with Crippen molar-refractivity contribution in [3.63, 3.8) is 0 Å². The molecule has 1 atom stereocenters. The van der Waals surface area contributed by atoms with E-state index in [2.05, 4.69) is 26.6 Å². The summed E-state index contributed by atoms with van der Waals surface area (Å²) in [4.78, 5) is 22.0. The van der Waals surface area contributed by atoms with Gasteiger partial charge in [0.15, 0.2) is 0 Å². The van der Waals surface area contributed by atoms with Crippen molar-refractivity contribution in [2.24, 2.45) is 0 Å². The van der Waals surface area contributed by atoms with Crippen LogP contribution in [0.4, 0.5) is 11.4 Å². The monoisotopic (exact) mass is 329 g/mol. The molecule has 0 bridgehead atoms. The normalized spacial score (nSPS) is 11.9. The van der Waals surface area contributed by atoms with Gasteiger partial charge in [0.1, 0.15) is 0 Å². The predicted molar refractivity (Wildman–Crippen MR) is 77.2 cm³/mol. The fourth-order valence-corrected chi connectivity index (χ4v) is 1.97. The summed E-state index contributed by atoms with van der Waals surface area (Å²) < 4.78 is 0.613. The van der Waals surface area contributed by atoms with Crippen LogP contribution in [0.2, 0.25) is 0 Å². The van der Waals surface area contributed by atoms with Gasteiger partial charge in [0.2, 0.25) is 5.91 Å². The van der Waals surface area contributed by atoms with Gasteiger partial charge < -0.3 is 10.6 Å². The molecule has 1 amide bonds. The number of non-ortho nitro benzene ring substituents is 1. The Morgan fingerprint density at radius 1 is 1.53 bits per heavy atom. The lowest BCUT2D eigenvalue weighted by Gasteiger charge is -2.12. The van der Waals surface area contributed by atoms with Crippen molar-refractivity contribution in [1.29, 1.82) is 0 Å². The average Bonchev–Trinajstić information content (AvgIpc) is 2.31. The summed E-state index contributed by atoms with van der Waals surface area (Å²) in [5.74, 6) is -0.186. The van der Waals surface area contributed by atoms with Crippen LogP contribution in [0, 0.1) is 10.1 Å². The van der Waals surface area contributed by atoms with Crippen LogP contribution in [-0.2, 0) is 4.79 Å².